The first-order valence-corrected chi connectivity index (χ1v) is 8.77. The highest BCUT2D eigenvalue weighted by Crippen LogP contribution is 2.24. The lowest BCUT2D eigenvalue weighted by molar-refractivity contribution is 0.136. The van der Waals surface area contributed by atoms with E-state index in [0.29, 0.717) is 11.5 Å². The average molecular weight is 338 g/mol. The number of phenols is 1. The third-order valence-corrected chi connectivity index (χ3v) is 4.62. The Bertz CT molecular complexity index is 692. The molecule has 0 amide bonds. The molecule has 25 heavy (non-hydrogen) atoms. The van der Waals surface area contributed by atoms with Gasteiger partial charge in [-0.1, -0.05) is 48.6 Å². The smallest absolute Gasteiger partial charge is 0.123 e. The summed E-state index contributed by atoms with van der Waals surface area (Å²) >= 11 is 0. The molecule has 0 saturated carbocycles. The molecule has 0 radical (unpaired) electrons. The van der Waals surface area contributed by atoms with Crippen molar-refractivity contribution in [2.75, 3.05) is 39.8 Å². The van der Waals surface area contributed by atoms with Gasteiger partial charge < -0.3 is 9.84 Å². The van der Waals surface area contributed by atoms with Crippen LogP contribution in [0.2, 0.25) is 0 Å². The van der Waals surface area contributed by atoms with Gasteiger partial charge in [-0.15, -0.1) is 0 Å². The summed E-state index contributed by atoms with van der Waals surface area (Å²) in [5, 5.41) is 10.1. The van der Waals surface area contributed by atoms with Gasteiger partial charge in [-0.2, -0.15) is 0 Å². The zero-order valence-corrected chi connectivity index (χ0v) is 14.8. The summed E-state index contributed by atoms with van der Waals surface area (Å²) < 4.78 is 5.14. The molecule has 1 aliphatic rings. The molecule has 2 aromatic carbocycles. The van der Waals surface area contributed by atoms with Crippen molar-refractivity contribution in [3.63, 3.8) is 0 Å². The Balaban J connectivity index is 1.45. The molecule has 0 aromatic heterocycles. The van der Waals surface area contributed by atoms with Crippen LogP contribution in [0.4, 0.5) is 0 Å². The van der Waals surface area contributed by atoms with Crippen LogP contribution in [0.5, 0.6) is 11.5 Å². The Morgan fingerprint density at radius 3 is 2.40 bits per heavy atom. The summed E-state index contributed by atoms with van der Waals surface area (Å²) in [5.74, 6) is 1.00. The van der Waals surface area contributed by atoms with E-state index in [9.17, 15) is 5.11 Å². The highest BCUT2D eigenvalue weighted by atomic mass is 16.5. The molecule has 0 aliphatic carbocycles. The van der Waals surface area contributed by atoms with Crippen LogP contribution in [0.3, 0.4) is 0 Å². The first-order valence-electron chi connectivity index (χ1n) is 8.77. The first-order chi connectivity index (χ1) is 12.2. The molecule has 0 atom stereocenters. The molecular formula is C21H26N2O2. The quantitative estimate of drug-likeness (QED) is 0.877. The maximum Gasteiger partial charge on any atom is 0.123 e. The number of piperazine rings is 1. The standard InChI is InChI=1S/C21H26N2O2/c1-25-20-10-9-19(21(24)16-20)17-23-14-12-22(13-15-23)11-5-8-18-6-3-2-4-7-18/h2-10,16,24H,11-15,17H2,1H3/b8-5+. The molecule has 0 unspecified atom stereocenters. The molecule has 4 heteroatoms. The van der Waals surface area contributed by atoms with Crippen LogP contribution in [0, 0.1) is 0 Å². The second-order valence-electron chi connectivity index (χ2n) is 6.38. The van der Waals surface area contributed by atoms with Crippen LogP contribution in [0.15, 0.2) is 54.6 Å². The number of hydrogen-bond acceptors (Lipinski definition) is 4. The van der Waals surface area contributed by atoms with E-state index < -0.39 is 0 Å². The van der Waals surface area contributed by atoms with Crippen molar-refractivity contribution in [2.45, 2.75) is 6.54 Å². The molecule has 1 fully saturated rings. The predicted octanol–water partition coefficient (Wildman–Crippen LogP) is 3.23. The van der Waals surface area contributed by atoms with E-state index >= 15 is 0 Å². The van der Waals surface area contributed by atoms with E-state index in [2.05, 4.69) is 46.2 Å². The van der Waals surface area contributed by atoms with E-state index in [1.165, 1.54) is 5.56 Å². The third-order valence-electron chi connectivity index (χ3n) is 4.62. The van der Waals surface area contributed by atoms with E-state index in [4.69, 9.17) is 4.74 Å². The van der Waals surface area contributed by atoms with Crippen molar-refractivity contribution in [3.05, 3.63) is 65.7 Å². The number of hydrogen-bond donors (Lipinski definition) is 1. The number of ether oxygens (including phenoxy) is 1. The normalized spacial score (nSPS) is 16.4. The van der Waals surface area contributed by atoms with Gasteiger partial charge in [0.1, 0.15) is 11.5 Å². The monoisotopic (exact) mass is 338 g/mol. The average Bonchev–Trinajstić information content (AvgIpc) is 2.65. The number of aromatic hydroxyl groups is 1. The second kappa shape index (κ2) is 8.70. The Kier molecular flexibility index (Phi) is 6.09. The largest absolute Gasteiger partial charge is 0.507 e. The van der Waals surface area contributed by atoms with Crippen molar-refractivity contribution >= 4 is 6.08 Å². The van der Waals surface area contributed by atoms with Gasteiger partial charge >= 0.3 is 0 Å². The van der Waals surface area contributed by atoms with Gasteiger partial charge in [0.2, 0.25) is 0 Å². The summed E-state index contributed by atoms with van der Waals surface area (Å²) in [6, 6.07) is 15.9. The Labute approximate surface area is 150 Å². The number of phenolic OH excluding ortho intramolecular Hbond substituents is 1. The molecule has 132 valence electrons. The Morgan fingerprint density at radius 1 is 1.00 bits per heavy atom. The van der Waals surface area contributed by atoms with Crippen LogP contribution >= 0.6 is 0 Å². The first kappa shape index (κ1) is 17.5. The van der Waals surface area contributed by atoms with Crippen LogP contribution in [-0.2, 0) is 6.54 Å². The molecule has 1 N–H and O–H groups in total. The fraction of sp³-hybridized carbons (Fsp3) is 0.333. The minimum atomic E-state index is 0.313. The van der Waals surface area contributed by atoms with Crippen molar-refractivity contribution in [1.82, 2.24) is 9.80 Å². The summed E-state index contributed by atoms with van der Waals surface area (Å²) in [4.78, 5) is 4.85. The number of benzene rings is 2. The van der Waals surface area contributed by atoms with Gasteiger partial charge in [0.25, 0.3) is 0 Å². The lowest BCUT2D eigenvalue weighted by Gasteiger charge is -2.34. The second-order valence-corrected chi connectivity index (χ2v) is 6.38. The summed E-state index contributed by atoms with van der Waals surface area (Å²) in [6.45, 7) is 5.90. The maximum atomic E-state index is 10.1. The molecule has 1 heterocycles. The molecule has 1 aliphatic heterocycles. The molecule has 0 spiro atoms. The maximum absolute atomic E-state index is 10.1. The van der Waals surface area contributed by atoms with Crippen LogP contribution in [0.25, 0.3) is 6.08 Å². The van der Waals surface area contributed by atoms with Gasteiger partial charge in [-0.3, -0.25) is 9.80 Å². The van der Waals surface area contributed by atoms with Crippen molar-refractivity contribution < 1.29 is 9.84 Å². The van der Waals surface area contributed by atoms with E-state index in [1.54, 1.807) is 13.2 Å². The zero-order chi connectivity index (χ0) is 17.5. The third kappa shape index (κ3) is 5.08. The SMILES string of the molecule is COc1ccc(CN2CCN(C/C=C/c3ccccc3)CC2)c(O)c1. The van der Waals surface area contributed by atoms with Crippen LogP contribution in [-0.4, -0.2) is 54.7 Å². The Morgan fingerprint density at radius 2 is 1.72 bits per heavy atom. The molecule has 0 bridgehead atoms. The van der Waals surface area contributed by atoms with Crippen LogP contribution < -0.4 is 4.74 Å². The summed E-state index contributed by atoms with van der Waals surface area (Å²) in [5.41, 5.74) is 2.20. The van der Waals surface area contributed by atoms with E-state index in [1.807, 2.05) is 18.2 Å². The van der Waals surface area contributed by atoms with Gasteiger partial charge in [0.05, 0.1) is 7.11 Å². The van der Waals surface area contributed by atoms with Crippen LogP contribution in [0.1, 0.15) is 11.1 Å². The molecular weight excluding hydrogens is 312 g/mol. The Hall–Kier alpha value is -2.30. The fourth-order valence-corrected chi connectivity index (χ4v) is 3.08. The molecule has 3 rings (SSSR count). The van der Waals surface area contributed by atoms with E-state index in [-0.39, 0.29) is 0 Å². The highest BCUT2D eigenvalue weighted by Gasteiger charge is 2.17. The summed E-state index contributed by atoms with van der Waals surface area (Å²) in [7, 11) is 1.61. The number of rotatable bonds is 6. The van der Waals surface area contributed by atoms with Gasteiger partial charge in [0, 0.05) is 50.9 Å². The minimum Gasteiger partial charge on any atom is -0.507 e. The molecule has 2 aromatic rings. The van der Waals surface area contributed by atoms with Crippen molar-refractivity contribution in [1.29, 1.82) is 0 Å². The molecule has 4 nitrogen and oxygen atoms in total. The lowest BCUT2D eigenvalue weighted by atomic mass is 10.1. The molecule has 1 saturated heterocycles. The number of nitrogens with zero attached hydrogens (tertiary/aromatic N) is 2. The lowest BCUT2D eigenvalue weighted by Crippen LogP contribution is -2.45. The van der Waals surface area contributed by atoms with Gasteiger partial charge in [-0.25, -0.2) is 0 Å². The predicted molar refractivity (Wildman–Crippen MR) is 102 cm³/mol. The van der Waals surface area contributed by atoms with Gasteiger partial charge in [-0.05, 0) is 11.6 Å². The van der Waals surface area contributed by atoms with E-state index in [0.717, 1.165) is 44.8 Å². The fourth-order valence-electron chi connectivity index (χ4n) is 3.08. The zero-order valence-electron chi connectivity index (χ0n) is 14.8. The highest BCUT2D eigenvalue weighted by molar-refractivity contribution is 5.48. The van der Waals surface area contributed by atoms with Gasteiger partial charge in [0.15, 0.2) is 0 Å². The topological polar surface area (TPSA) is 35.9 Å². The van der Waals surface area contributed by atoms with Crippen molar-refractivity contribution in [2.24, 2.45) is 0 Å². The minimum absolute atomic E-state index is 0.313. The van der Waals surface area contributed by atoms with Crippen molar-refractivity contribution in [3.8, 4) is 11.5 Å². The number of methoxy groups -OCH3 is 1. The summed E-state index contributed by atoms with van der Waals surface area (Å²) in [6.07, 6.45) is 4.42.